The van der Waals surface area contributed by atoms with Gasteiger partial charge in [-0.05, 0) is 18.7 Å². The number of nitrogens with zero attached hydrogens (tertiary/aromatic N) is 4. The molecule has 3 rings (SSSR count). The summed E-state index contributed by atoms with van der Waals surface area (Å²) in [5.74, 6) is 0. The third-order valence-corrected chi connectivity index (χ3v) is 3.39. The van der Waals surface area contributed by atoms with E-state index in [2.05, 4.69) is 31.6 Å². The fourth-order valence-corrected chi connectivity index (χ4v) is 2.43. The maximum Gasteiger partial charge on any atom is 0.0952 e. The fourth-order valence-electron chi connectivity index (χ4n) is 2.43. The molecule has 0 radical (unpaired) electrons. The second-order valence-electron chi connectivity index (χ2n) is 4.50. The number of anilines is 1. The first kappa shape index (κ1) is 11.2. The third-order valence-electron chi connectivity index (χ3n) is 3.39. The van der Waals surface area contributed by atoms with E-state index in [-0.39, 0.29) is 0 Å². The van der Waals surface area contributed by atoms with Crippen molar-refractivity contribution in [1.82, 2.24) is 14.5 Å². The third kappa shape index (κ3) is 1.97. The van der Waals surface area contributed by atoms with Gasteiger partial charge in [0.05, 0.1) is 24.3 Å². The van der Waals surface area contributed by atoms with E-state index in [1.54, 1.807) is 0 Å². The lowest BCUT2D eigenvalue weighted by Gasteiger charge is -2.30. The SMILES string of the molecule is NCCc1ncn2c1CN(c1ccncc1)CC2. The summed E-state index contributed by atoms with van der Waals surface area (Å²) >= 11 is 0. The summed E-state index contributed by atoms with van der Waals surface area (Å²) in [6.07, 6.45) is 6.46. The van der Waals surface area contributed by atoms with Gasteiger partial charge in [0.1, 0.15) is 0 Å². The quantitative estimate of drug-likeness (QED) is 0.866. The van der Waals surface area contributed by atoms with Crippen LogP contribution in [0.2, 0.25) is 0 Å². The largest absolute Gasteiger partial charge is 0.364 e. The van der Waals surface area contributed by atoms with E-state index < -0.39 is 0 Å². The maximum atomic E-state index is 5.63. The molecule has 2 aromatic heterocycles. The molecule has 5 heteroatoms. The van der Waals surface area contributed by atoms with Gasteiger partial charge in [-0.3, -0.25) is 4.98 Å². The Labute approximate surface area is 106 Å². The predicted molar refractivity (Wildman–Crippen MR) is 70.3 cm³/mol. The first-order valence-corrected chi connectivity index (χ1v) is 6.26. The molecular formula is C13H17N5. The normalized spacial score (nSPS) is 14.6. The van der Waals surface area contributed by atoms with Gasteiger partial charge in [0.15, 0.2) is 0 Å². The van der Waals surface area contributed by atoms with E-state index in [1.807, 2.05) is 18.7 Å². The highest BCUT2D eigenvalue weighted by Crippen LogP contribution is 2.22. The maximum absolute atomic E-state index is 5.63. The smallest absolute Gasteiger partial charge is 0.0952 e. The average Bonchev–Trinajstić information content (AvgIpc) is 2.83. The van der Waals surface area contributed by atoms with E-state index >= 15 is 0 Å². The minimum absolute atomic E-state index is 0.652. The summed E-state index contributed by atoms with van der Waals surface area (Å²) in [7, 11) is 0. The lowest BCUT2D eigenvalue weighted by Crippen LogP contribution is -2.33. The van der Waals surface area contributed by atoms with Crippen molar-refractivity contribution >= 4 is 5.69 Å². The molecule has 94 valence electrons. The van der Waals surface area contributed by atoms with Gasteiger partial charge >= 0.3 is 0 Å². The second kappa shape index (κ2) is 4.78. The van der Waals surface area contributed by atoms with Gasteiger partial charge < -0.3 is 15.2 Å². The number of aromatic nitrogens is 3. The molecule has 18 heavy (non-hydrogen) atoms. The van der Waals surface area contributed by atoms with Crippen LogP contribution < -0.4 is 10.6 Å². The number of nitrogens with two attached hydrogens (primary N) is 1. The van der Waals surface area contributed by atoms with Gasteiger partial charge in [-0.15, -0.1) is 0 Å². The Hall–Kier alpha value is -1.88. The standard InChI is InChI=1S/C13H17N5/c14-4-1-12-13-9-17(7-8-18(13)10-16-12)11-2-5-15-6-3-11/h2-3,5-6,10H,1,4,7-9,14H2. The van der Waals surface area contributed by atoms with Crippen LogP contribution in [0.1, 0.15) is 11.4 Å². The minimum Gasteiger partial charge on any atom is -0.364 e. The highest BCUT2D eigenvalue weighted by atomic mass is 15.2. The van der Waals surface area contributed by atoms with Crippen molar-refractivity contribution in [3.8, 4) is 0 Å². The molecule has 5 nitrogen and oxygen atoms in total. The predicted octanol–water partition coefficient (Wildman–Crippen LogP) is 0.799. The van der Waals surface area contributed by atoms with Crippen molar-refractivity contribution in [2.45, 2.75) is 19.5 Å². The molecule has 2 aromatic rings. The van der Waals surface area contributed by atoms with Crippen molar-refractivity contribution < 1.29 is 0 Å². The van der Waals surface area contributed by atoms with Crippen LogP contribution in [0.15, 0.2) is 30.9 Å². The molecule has 0 bridgehead atoms. The van der Waals surface area contributed by atoms with Crippen LogP contribution in [0.5, 0.6) is 0 Å². The number of rotatable bonds is 3. The number of pyridine rings is 1. The molecule has 0 saturated carbocycles. The summed E-state index contributed by atoms with van der Waals surface area (Å²) < 4.78 is 2.24. The molecule has 0 aliphatic carbocycles. The first-order valence-electron chi connectivity index (χ1n) is 6.26. The van der Waals surface area contributed by atoms with Crippen LogP contribution >= 0.6 is 0 Å². The summed E-state index contributed by atoms with van der Waals surface area (Å²) in [5, 5.41) is 0. The number of hydrogen-bond donors (Lipinski definition) is 1. The molecule has 0 atom stereocenters. The average molecular weight is 243 g/mol. The molecule has 0 fully saturated rings. The van der Waals surface area contributed by atoms with Gasteiger partial charge in [-0.2, -0.15) is 0 Å². The Morgan fingerprint density at radius 1 is 1.22 bits per heavy atom. The molecule has 2 N–H and O–H groups in total. The van der Waals surface area contributed by atoms with Gasteiger partial charge in [0, 0.05) is 37.6 Å². The Kier molecular flexibility index (Phi) is 2.98. The lowest BCUT2D eigenvalue weighted by molar-refractivity contribution is 0.567. The Morgan fingerprint density at radius 3 is 2.83 bits per heavy atom. The van der Waals surface area contributed by atoms with Crippen molar-refractivity contribution in [2.24, 2.45) is 5.73 Å². The first-order chi connectivity index (χ1) is 8.88. The number of fused-ring (bicyclic) bond motifs is 1. The Morgan fingerprint density at radius 2 is 2.06 bits per heavy atom. The van der Waals surface area contributed by atoms with Crippen molar-refractivity contribution in [2.75, 3.05) is 18.0 Å². The summed E-state index contributed by atoms with van der Waals surface area (Å²) in [5.41, 5.74) is 9.28. The molecule has 0 amide bonds. The monoisotopic (exact) mass is 243 g/mol. The molecule has 1 aliphatic rings. The molecule has 0 spiro atoms. The molecule has 0 saturated heterocycles. The summed E-state index contributed by atoms with van der Waals surface area (Å²) in [6, 6.07) is 4.10. The van der Waals surface area contributed by atoms with Crippen molar-refractivity contribution in [3.63, 3.8) is 0 Å². The zero-order valence-electron chi connectivity index (χ0n) is 10.3. The minimum atomic E-state index is 0.652. The lowest BCUT2D eigenvalue weighted by atomic mass is 10.2. The zero-order valence-corrected chi connectivity index (χ0v) is 10.3. The van der Waals surface area contributed by atoms with E-state index in [0.29, 0.717) is 6.54 Å². The van der Waals surface area contributed by atoms with E-state index in [4.69, 9.17) is 5.73 Å². The van der Waals surface area contributed by atoms with Gasteiger partial charge in [0.25, 0.3) is 0 Å². The van der Waals surface area contributed by atoms with Crippen LogP contribution in [0.25, 0.3) is 0 Å². The zero-order chi connectivity index (χ0) is 12.4. The van der Waals surface area contributed by atoms with E-state index in [0.717, 1.165) is 31.7 Å². The Bertz CT molecular complexity index is 519. The van der Waals surface area contributed by atoms with Crippen LogP contribution in [-0.2, 0) is 19.5 Å². The molecular weight excluding hydrogens is 226 g/mol. The molecule has 0 aromatic carbocycles. The molecule has 1 aliphatic heterocycles. The van der Waals surface area contributed by atoms with Crippen molar-refractivity contribution in [3.05, 3.63) is 42.2 Å². The topological polar surface area (TPSA) is 60.0 Å². The van der Waals surface area contributed by atoms with Gasteiger partial charge in [0.2, 0.25) is 0 Å². The second-order valence-corrected chi connectivity index (χ2v) is 4.50. The van der Waals surface area contributed by atoms with E-state index in [9.17, 15) is 0 Å². The van der Waals surface area contributed by atoms with Crippen LogP contribution in [0.4, 0.5) is 5.69 Å². The van der Waals surface area contributed by atoms with Crippen LogP contribution in [0.3, 0.4) is 0 Å². The number of imidazole rings is 1. The van der Waals surface area contributed by atoms with Gasteiger partial charge in [-0.25, -0.2) is 4.98 Å². The highest BCUT2D eigenvalue weighted by Gasteiger charge is 2.19. The molecule has 3 heterocycles. The van der Waals surface area contributed by atoms with Crippen molar-refractivity contribution in [1.29, 1.82) is 0 Å². The summed E-state index contributed by atoms with van der Waals surface area (Å²) in [6.45, 7) is 3.54. The molecule has 0 unspecified atom stereocenters. The highest BCUT2D eigenvalue weighted by molar-refractivity contribution is 5.46. The fraction of sp³-hybridized carbons (Fsp3) is 0.385. The number of hydrogen-bond acceptors (Lipinski definition) is 4. The van der Waals surface area contributed by atoms with Gasteiger partial charge in [-0.1, -0.05) is 0 Å². The van der Waals surface area contributed by atoms with Crippen LogP contribution in [0, 0.1) is 0 Å². The van der Waals surface area contributed by atoms with Crippen LogP contribution in [-0.4, -0.2) is 27.6 Å². The van der Waals surface area contributed by atoms with E-state index in [1.165, 1.54) is 11.4 Å². The summed E-state index contributed by atoms with van der Waals surface area (Å²) in [4.78, 5) is 10.9. The Balaban J connectivity index is 1.86.